The number of anilines is 1. The van der Waals surface area contributed by atoms with Gasteiger partial charge in [0.15, 0.2) is 0 Å². The van der Waals surface area contributed by atoms with Crippen molar-refractivity contribution in [2.75, 3.05) is 25.5 Å². The van der Waals surface area contributed by atoms with E-state index in [1.54, 1.807) is 0 Å². The van der Waals surface area contributed by atoms with Crippen molar-refractivity contribution in [1.82, 2.24) is 19.9 Å². The van der Waals surface area contributed by atoms with Crippen LogP contribution in [0.4, 0.5) is 5.95 Å². The van der Waals surface area contributed by atoms with Crippen LogP contribution in [0.25, 0.3) is 0 Å². The number of morpholine rings is 1. The lowest BCUT2D eigenvalue weighted by molar-refractivity contribution is 0.0604. The lowest BCUT2D eigenvalue weighted by Crippen LogP contribution is -2.47. The van der Waals surface area contributed by atoms with E-state index in [0.717, 1.165) is 6.54 Å². The van der Waals surface area contributed by atoms with Crippen LogP contribution in [0.2, 0.25) is 0 Å². The molecule has 2 rings (SSSR count). The van der Waals surface area contributed by atoms with E-state index in [4.69, 9.17) is 10.5 Å². The number of hydrogen-bond acceptors (Lipinski definition) is 6. The van der Waals surface area contributed by atoms with Crippen LogP contribution >= 0.6 is 0 Å². The third-order valence-corrected chi connectivity index (χ3v) is 2.72. The van der Waals surface area contributed by atoms with Crippen molar-refractivity contribution in [2.45, 2.75) is 19.0 Å². The number of nitrogen functional groups attached to an aromatic ring is 1. The molecule has 0 amide bonds. The van der Waals surface area contributed by atoms with Crippen molar-refractivity contribution in [3.8, 4) is 0 Å². The lowest BCUT2D eigenvalue weighted by Gasteiger charge is -2.29. The molecule has 0 spiro atoms. The average Bonchev–Trinajstić information content (AvgIpc) is 2.29. The molecule has 3 N–H and O–H groups in total. The Morgan fingerprint density at radius 1 is 1.75 bits per heavy atom. The first-order valence-electron chi connectivity index (χ1n) is 5.20. The first-order valence-corrected chi connectivity index (χ1v) is 5.20. The maximum absolute atomic E-state index is 11.6. The molecule has 7 heteroatoms. The molecular formula is C9H15N5O2. The third kappa shape index (κ3) is 2.20. The Morgan fingerprint density at radius 2 is 2.56 bits per heavy atom. The summed E-state index contributed by atoms with van der Waals surface area (Å²) >= 11 is 0. The summed E-state index contributed by atoms with van der Waals surface area (Å²) in [6.07, 6.45) is 1.42. The molecule has 2 unspecified atom stereocenters. The number of hydrogen-bond donors (Lipinski definition) is 2. The number of rotatable bonds is 2. The Labute approximate surface area is 92.6 Å². The number of nitrogens with one attached hydrogen (secondary N) is 1. The zero-order valence-electron chi connectivity index (χ0n) is 9.09. The zero-order valence-corrected chi connectivity index (χ0v) is 9.09. The number of ether oxygens (including phenoxy) is 1. The Bertz CT molecular complexity index is 413. The summed E-state index contributed by atoms with van der Waals surface area (Å²) in [6.45, 7) is 4.00. The van der Waals surface area contributed by atoms with Crippen LogP contribution in [0.1, 0.15) is 13.0 Å². The second kappa shape index (κ2) is 4.58. The first-order chi connectivity index (χ1) is 7.68. The van der Waals surface area contributed by atoms with Crippen LogP contribution < -0.4 is 16.7 Å². The van der Waals surface area contributed by atoms with Gasteiger partial charge in [-0.25, -0.2) is 9.78 Å². The van der Waals surface area contributed by atoms with Gasteiger partial charge in [0.25, 0.3) is 0 Å². The Balaban J connectivity index is 2.19. The summed E-state index contributed by atoms with van der Waals surface area (Å²) in [5.74, 6) is 0.00121. The predicted molar refractivity (Wildman–Crippen MR) is 58.0 cm³/mol. The third-order valence-electron chi connectivity index (χ3n) is 2.72. The highest BCUT2D eigenvalue weighted by atomic mass is 16.5. The molecule has 0 radical (unpaired) electrons. The van der Waals surface area contributed by atoms with Gasteiger partial charge in [0.2, 0.25) is 5.95 Å². The molecule has 1 saturated heterocycles. The van der Waals surface area contributed by atoms with E-state index in [2.05, 4.69) is 15.3 Å². The van der Waals surface area contributed by atoms with Gasteiger partial charge in [0, 0.05) is 6.54 Å². The summed E-state index contributed by atoms with van der Waals surface area (Å²) in [5, 5.41) is 3.29. The molecule has 1 aliphatic rings. The topological polar surface area (TPSA) is 95.1 Å². The highest BCUT2D eigenvalue weighted by molar-refractivity contribution is 5.10. The molecule has 1 fully saturated rings. The van der Waals surface area contributed by atoms with Gasteiger partial charge in [-0.2, -0.15) is 4.98 Å². The van der Waals surface area contributed by atoms with E-state index in [-0.39, 0.29) is 23.7 Å². The lowest BCUT2D eigenvalue weighted by atomic mass is 10.1. The molecule has 0 bridgehead atoms. The second-order valence-corrected chi connectivity index (χ2v) is 3.78. The summed E-state index contributed by atoms with van der Waals surface area (Å²) in [4.78, 5) is 19.0. The van der Waals surface area contributed by atoms with Crippen LogP contribution in [0.5, 0.6) is 0 Å². The standard InChI is InChI=1S/C9H15N5O2/c1-6(7-4-16-3-2-11-7)14-5-12-8(10)13-9(14)15/h5-7,11H,2-4H2,1H3,(H2,10,13,15). The SMILES string of the molecule is CC(C1COCCN1)n1cnc(N)nc1=O. The van der Waals surface area contributed by atoms with Gasteiger partial charge in [-0.1, -0.05) is 0 Å². The molecule has 1 aromatic heterocycles. The molecule has 0 aromatic carbocycles. The minimum atomic E-state index is -0.382. The number of aromatic nitrogens is 3. The minimum Gasteiger partial charge on any atom is -0.378 e. The molecule has 1 aromatic rings. The summed E-state index contributed by atoms with van der Waals surface area (Å²) in [7, 11) is 0. The fourth-order valence-corrected chi connectivity index (χ4v) is 1.72. The van der Waals surface area contributed by atoms with Gasteiger partial charge in [-0.3, -0.25) is 4.57 Å². The molecule has 7 nitrogen and oxygen atoms in total. The van der Waals surface area contributed by atoms with Crippen molar-refractivity contribution >= 4 is 5.95 Å². The molecule has 0 saturated carbocycles. The number of nitrogens with two attached hydrogens (primary N) is 1. The Kier molecular flexibility index (Phi) is 3.16. The van der Waals surface area contributed by atoms with E-state index >= 15 is 0 Å². The largest absolute Gasteiger partial charge is 0.378 e. The van der Waals surface area contributed by atoms with E-state index in [9.17, 15) is 4.79 Å². The van der Waals surface area contributed by atoms with Crippen LogP contribution in [0.15, 0.2) is 11.1 Å². The van der Waals surface area contributed by atoms with Crippen molar-refractivity contribution in [2.24, 2.45) is 0 Å². The summed E-state index contributed by atoms with van der Waals surface area (Å²) in [6, 6.07) is 0.0343. The molecular weight excluding hydrogens is 210 g/mol. The van der Waals surface area contributed by atoms with Crippen molar-refractivity contribution < 1.29 is 4.74 Å². The average molecular weight is 225 g/mol. The van der Waals surface area contributed by atoms with Gasteiger partial charge in [0.05, 0.1) is 25.3 Å². The Morgan fingerprint density at radius 3 is 3.19 bits per heavy atom. The van der Waals surface area contributed by atoms with Crippen LogP contribution in [0, 0.1) is 0 Å². The normalized spacial score (nSPS) is 22.9. The van der Waals surface area contributed by atoms with Crippen molar-refractivity contribution in [3.05, 3.63) is 16.8 Å². The highest BCUT2D eigenvalue weighted by Crippen LogP contribution is 2.10. The van der Waals surface area contributed by atoms with Gasteiger partial charge >= 0.3 is 5.69 Å². The van der Waals surface area contributed by atoms with Crippen molar-refractivity contribution in [1.29, 1.82) is 0 Å². The van der Waals surface area contributed by atoms with Crippen molar-refractivity contribution in [3.63, 3.8) is 0 Å². The summed E-state index contributed by atoms with van der Waals surface area (Å²) in [5.41, 5.74) is 4.95. The fraction of sp³-hybridized carbons (Fsp3) is 0.667. The summed E-state index contributed by atoms with van der Waals surface area (Å²) < 4.78 is 6.81. The maximum atomic E-state index is 11.6. The zero-order chi connectivity index (χ0) is 11.5. The monoisotopic (exact) mass is 225 g/mol. The first kappa shape index (κ1) is 11.0. The molecule has 2 atom stereocenters. The molecule has 1 aliphatic heterocycles. The van der Waals surface area contributed by atoms with Gasteiger partial charge in [-0.05, 0) is 6.92 Å². The number of nitrogens with zero attached hydrogens (tertiary/aromatic N) is 3. The van der Waals surface area contributed by atoms with E-state index in [1.807, 2.05) is 6.92 Å². The van der Waals surface area contributed by atoms with Gasteiger partial charge < -0.3 is 15.8 Å². The minimum absolute atomic E-state index is 0.00121. The van der Waals surface area contributed by atoms with E-state index < -0.39 is 0 Å². The van der Waals surface area contributed by atoms with Crippen LogP contribution in [-0.2, 0) is 4.74 Å². The quantitative estimate of drug-likeness (QED) is 0.654. The molecule has 2 heterocycles. The van der Waals surface area contributed by atoms with Gasteiger partial charge in [0.1, 0.15) is 6.33 Å². The molecule has 88 valence electrons. The second-order valence-electron chi connectivity index (χ2n) is 3.78. The van der Waals surface area contributed by atoms with Gasteiger partial charge in [-0.15, -0.1) is 0 Å². The van der Waals surface area contributed by atoms with E-state index in [0.29, 0.717) is 13.2 Å². The van der Waals surface area contributed by atoms with Crippen LogP contribution in [0.3, 0.4) is 0 Å². The molecule has 16 heavy (non-hydrogen) atoms. The predicted octanol–water partition coefficient (Wildman–Crippen LogP) is -1.23. The van der Waals surface area contributed by atoms with E-state index in [1.165, 1.54) is 10.9 Å². The van der Waals surface area contributed by atoms with Crippen LogP contribution in [-0.4, -0.2) is 40.3 Å². The fourth-order valence-electron chi connectivity index (χ4n) is 1.72. The maximum Gasteiger partial charge on any atom is 0.352 e. The Hall–Kier alpha value is -1.47. The molecule has 0 aliphatic carbocycles. The smallest absolute Gasteiger partial charge is 0.352 e. The highest BCUT2D eigenvalue weighted by Gasteiger charge is 2.22.